The molecule has 2 aromatic rings. The van der Waals surface area contributed by atoms with Gasteiger partial charge < -0.3 is 19.5 Å². The number of nitrogens with zero attached hydrogens (tertiary/aromatic N) is 2. The van der Waals surface area contributed by atoms with Crippen LogP contribution in [-0.4, -0.2) is 53.7 Å². The van der Waals surface area contributed by atoms with Crippen LogP contribution >= 0.6 is 0 Å². The Bertz CT molecular complexity index is 817. The van der Waals surface area contributed by atoms with Crippen LogP contribution in [-0.2, 0) is 9.59 Å². The Morgan fingerprint density at radius 2 is 1.63 bits per heavy atom. The van der Waals surface area contributed by atoms with E-state index in [0.29, 0.717) is 37.6 Å². The molecule has 0 aliphatic carbocycles. The summed E-state index contributed by atoms with van der Waals surface area (Å²) in [6.07, 6.45) is 1.25. The van der Waals surface area contributed by atoms with Gasteiger partial charge in [0.05, 0.1) is 6.26 Å². The number of hydrogen-bond donors (Lipinski definition) is 1. The predicted molar refractivity (Wildman–Crippen MR) is 100 cm³/mol. The van der Waals surface area contributed by atoms with Gasteiger partial charge in [0.1, 0.15) is 6.42 Å². The van der Waals surface area contributed by atoms with Crippen molar-refractivity contribution in [2.75, 3.05) is 31.5 Å². The van der Waals surface area contributed by atoms with Gasteiger partial charge in [0, 0.05) is 31.9 Å². The smallest absolute Gasteiger partial charge is 0.289 e. The fourth-order valence-corrected chi connectivity index (χ4v) is 3.22. The summed E-state index contributed by atoms with van der Waals surface area (Å²) in [7, 11) is 0. The standard InChI is InChI=1S/C20H23N3O4/c1-14-10-15(2)12-16(11-14)21-18(24)13-19(25)22-5-7-23(8-6-22)20(26)17-4-3-9-27-17/h3-4,9-12H,5-8,13H2,1-2H3,(H,21,24). The zero-order valence-electron chi connectivity index (χ0n) is 15.5. The zero-order valence-corrected chi connectivity index (χ0v) is 15.5. The number of amides is 3. The number of benzene rings is 1. The molecular formula is C20H23N3O4. The highest BCUT2D eigenvalue weighted by Crippen LogP contribution is 2.15. The number of aryl methyl sites for hydroxylation is 2. The highest BCUT2D eigenvalue weighted by atomic mass is 16.3. The molecular weight excluding hydrogens is 346 g/mol. The van der Waals surface area contributed by atoms with Crippen molar-refractivity contribution in [3.05, 3.63) is 53.5 Å². The van der Waals surface area contributed by atoms with Gasteiger partial charge >= 0.3 is 0 Å². The number of furan rings is 1. The Morgan fingerprint density at radius 3 is 2.22 bits per heavy atom. The molecule has 1 fully saturated rings. The summed E-state index contributed by atoms with van der Waals surface area (Å²) >= 11 is 0. The van der Waals surface area contributed by atoms with E-state index in [4.69, 9.17) is 4.42 Å². The second-order valence-electron chi connectivity index (χ2n) is 6.75. The third kappa shape index (κ3) is 4.75. The topological polar surface area (TPSA) is 82.9 Å². The van der Waals surface area contributed by atoms with Crippen molar-refractivity contribution in [1.29, 1.82) is 0 Å². The van der Waals surface area contributed by atoms with Gasteiger partial charge in [0.25, 0.3) is 5.91 Å². The molecule has 1 aliphatic rings. The first-order valence-corrected chi connectivity index (χ1v) is 8.91. The Kier molecular flexibility index (Phi) is 5.59. The van der Waals surface area contributed by atoms with Gasteiger partial charge in [-0.1, -0.05) is 6.07 Å². The van der Waals surface area contributed by atoms with Crippen LogP contribution in [0.15, 0.2) is 41.0 Å². The summed E-state index contributed by atoms with van der Waals surface area (Å²) in [6.45, 7) is 5.56. The molecule has 7 heteroatoms. The van der Waals surface area contributed by atoms with Gasteiger partial charge in [-0.05, 0) is 49.2 Å². The molecule has 0 radical (unpaired) electrons. The summed E-state index contributed by atoms with van der Waals surface area (Å²) in [5, 5.41) is 2.78. The minimum Gasteiger partial charge on any atom is -0.459 e. The minimum absolute atomic E-state index is 0.181. The van der Waals surface area contributed by atoms with Crippen molar-refractivity contribution >= 4 is 23.4 Å². The number of rotatable bonds is 4. The maximum atomic E-state index is 12.4. The van der Waals surface area contributed by atoms with Crippen LogP contribution in [0.1, 0.15) is 28.1 Å². The fourth-order valence-electron chi connectivity index (χ4n) is 3.22. The van der Waals surface area contributed by atoms with Crippen molar-refractivity contribution in [3.63, 3.8) is 0 Å². The van der Waals surface area contributed by atoms with Crippen LogP contribution < -0.4 is 5.32 Å². The molecule has 1 N–H and O–H groups in total. The summed E-state index contributed by atoms with van der Waals surface area (Å²) in [6, 6.07) is 9.05. The zero-order chi connectivity index (χ0) is 19.4. The van der Waals surface area contributed by atoms with Crippen LogP contribution in [0.5, 0.6) is 0 Å². The molecule has 1 saturated heterocycles. The average Bonchev–Trinajstić information content (AvgIpc) is 3.14. The molecule has 3 amide bonds. The van der Waals surface area contributed by atoms with Gasteiger partial charge in [-0.3, -0.25) is 14.4 Å². The summed E-state index contributed by atoms with van der Waals surface area (Å²) in [5.74, 6) is -0.455. The van der Waals surface area contributed by atoms with E-state index in [-0.39, 0.29) is 24.1 Å². The van der Waals surface area contributed by atoms with Crippen molar-refractivity contribution in [2.24, 2.45) is 0 Å². The van der Waals surface area contributed by atoms with Crippen molar-refractivity contribution in [1.82, 2.24) is 9.80 Å². The lowest BCUT2D eigenvalue weighted by atomic mass is 10.1. The molecule has 142 valence electrons. The van der Waals surface area contributed by atoms with E-state index in [1.165, 1.54) is 6.26 Å². The molecule has 0 atom stereocenters. The molecule has 0 saturated carbocycles. The van der Waals surface area contributed by atoms with E-state index in [9.17, 15) is 14.4 Å². The first-order valence-electron chi connectivity index (χ1n) is 8.91. The molecule has 1 aromatic heterocycles. The van der Waals surface area contributed by atoms with Crippen molar-refractivity contribution < 1.29 is 18.8 Å². The van der Waals surface area contributed by atoms with Gasteiger partial charge in [0.2, 0.25) is 11.8 Å². The average molecular weight is 369 g/mol. The lowest BCUT2D eigenvalue weighted by Crippen LogP contribution is -2.51. The summed E-state index contributed by atoms with van der Waals surface area (Å²) in [4.78, 5) is 40.1. The van der Waals surface area contributed by atoms with E-state index in [1.807, 2.05) is 32.0 Å². The number of carbonyl (C=O) groups excluding carboxylic acids is 3. The Hall–Kier alpha value is -3.09. The van der Waals surface area contributed by atoms with Gasteiger partial charge in [-0.2, -0.15) is 0 Å². The maximum absolute atomic E-state index is 12.4. The van der Waals surface area contributed by atoms with Crippen LogP contribution in [0.2, 0.25) is 0 Å². The lowest BCUT2D eigenvalue weighted by Gasteiger charge is -2.34. The van der Waals surface area contributed by atoms with E-state index in [2.05, 4.69) is 5.32 Å². The monoisotopic (exact) mass is 369 g/mol. The number of carbonyl (C=O) groups is 3. The van der Waals surface area contributed by atoms with E-state index < -0.39 is 0 Å². The normalized spacial score (nSPS) is 14.1. The molecule has 0 bridgehead atoms. The second kappa shape index (κ2) is 8.07. The van der Waals surface area contributed by atoms with Crippen molar-refractivity contribution in [2.45, 2.75) is 20.3 Å². The predicted octanol–water partition coefficient (Wildman–Crippen LogP) is 2.21. The van der Waals surface area contributed by atoms with Gasteiger partial charge in [-0.15, -0.1) is 0 Å². The number of nitrogens with one attached hydrogen (secondary N) is 1. The summed E-state index contributed by atoms with van der Waals surface area (Å²) < 4.78 is 5.12. The first kappa shape index (κ1) is 18.7. The molecule has 0 unspecified atom stereocenters. The molecule has 7 nitrogen and oxygen atoms in total. The number of hydrogen-bond acceptors (Lipinski definition) is 4. The SMILES string of the molecule is Cc1cc(C)cc(NC(=O)CC(=O)N2CCN(C(=O)c3ccco3)CC2)c1. The first-order chi connectivity index (χ1) is 12.9. The number of piperazine rings is 1. The Balaban J connectivity index is 1.49. The largest absolute Gasteiger partial charge is 0.459 e. The molecule has 1 aromatic carbocycles. The molecule has 1 aliphatic heterocycles. The van der Waals surface area contributed by atoms with Crippen LogP contribution in [0.4, 0.5) is 5.69 Å². The highest BCUT2D eigenvalue weighted by Gasteiger charge is 2.26. The van der Waals surface area contributed by atoms with E-state index in [1.54, 1.807) is 21.9 Å². The number of anilines is 1. The Morgan fingerprint density at radius 1 is 1.00 bits per heavy atom. The van der Waals surface area contributed by atoms with Crippen LogP contribution in [0, 0.1) is 13.8 Å². The van der Waals surface area contributed by atoms with Crippen LogP contribution in [0.3, 0.4) is 0 Å². The summed E-state index contributed by atoms with van der Waals surface area (Å²) in [5.41, 5.74) is 2.79. The fraction of sp³-hybridized carbons (Fsp3) is 0.350. The molecule has 0 spiro atoms. The maximum Gasteiger partial charge on any atom is 0.289 e. The molecule has 2 heterocycles. The molecule has 3 rings (SSSR count). The lowest BCUT2D eigenvalue weighted by molar-refractivity contribution is -0.135. The van der Waals surface area contributed by atoms with Gasteiger partial charge in [0.15, 0.2) is 5.76 Å². The Labute approximate surface area is 157 Å². The minimum atomic E-state index is -0.334. The van der Waals surface area contributed by atoms with Crippen LogP contribution in [0.25, 0.3) is 0 Å². The second-order valence-corrected chi connectivity index (χ2v) is 6.75. The van der Waals surface area contributed by atoms with E-state index in [0.717, 1.165) is 11.1 Å². The molecule has 27 heavy (non-hydrogen) atoms. The van der Waals surface area contributed by atoms with Crippen molar-refractivity contribution in [3.8, 4) is 0 Å². The quantitative estimate of drug-likeness (QED) is 0.838. The van der Waals surface area contributed by atoms with Gasteiger partial charge in [-0.25, -0.2) is 0 Å². The third-order valence-corrected chi connectivity index (χ3v) is 4.47. The van der Waals surface area contributed by atoms with E-state index >= 15 is 0 Å². The third-order valence-electron chi connectivity index (χ3n) is 4.47. The highest BCUT2D eigenvalue weighted by molar-refractivity contribution is 6.03.